The van der Waals surface area contributed by atoms with Crippen molar-refractivity contribution in [3.05, 3.63) is 29.5 Å². The van der Waals surface area contributed by atoms with E-state index in [1.165, 1.54) is 16.6 Å². The summed E-state index contributed by atoms with van der Waals surface area (Å²) >= 11 is 0. The summed E-state index contributed by atoms with van der Waals surface area (Å²) in [4.78, 5) is 6.02. The molecule has 1 saturated heterocycles. The minimum atomic E-state index is 0.930. The molecule has 20 heavy (non-hydrogen) atoms. The second-order valence-corrected chi connectivity index (χ2v) is 5.45. The van der Waals surface area contributed by atoms with Gasteiger partial charge in [-0.3, -0.25) is 0 Å². The Morgan fingerprint density at radius 3 is 2.80 bits per heavy atom. The second kappa shape index (κ2) is 5.85. The van der Waals surface area contributed by atoms with E-state index in [4.69, 9.17) is 4.74 Å². The Morgan fingerprint density at radius 1 is 1.25 bits per heavy atom. The topological polar surface area (TPSA) is 40.3 Å². The zero-order valence-corrected chi connectivity index (χ0v) is 12.3. The Hall–Kier alpha value is -1.52. The molecule has 0 bridgehead atoms. The number of aromatic nitrogens is 1. The maximum absolute atomic E-state index is 5.44. The lowest BCUT2D eigenvalue weighted by Gasteiger charge is -2.27. The molecular weight excluding hydrogens is 250 g/mol. The maximum atomic E-state index is 5.44. The fraction of sp³-hybridized carbons (Fsp3) is 0.500. The van der Waals surface area contributed by atoms with Crippen molar-refractivity contribution in [3.8, 4) is 5.75 Å². The Kier molecular flexibility index (Phi) is 3.94. The molecule has 0 aliphatic carbocycles. The van der Waals surface area contributed by atoms with Crippen LogP contribution in [-0.4, -0.2) is 49.7 Å². The second-order valence-electron chi connectivity index (χ2n) is 5.45. The van der Waals surface area contributed by atoms with E-state index in [0.29, 0.717) is 0 Å². The van der Waals surface area contributed by atoms with Crippen molar-refractivity contribution in [1.29, 1.82) is 0 Å². The van der Waals surface area contributed by atoms with Crippen LogP contribution < -0.4 is 10.1 Å². The van der Waals surface area contributed by atoms with Crippen molar-refractivity contribution in [3.63, 3.8) is 0 Å². The van der Waals surface area contributed by atoms with E-state index < -0.39 is 0 Å². The Morgan fingerprint density at radius 2 is 2.05 bits per heavy atom. The van der Waals surface area contributed by atoms with Crippen LogP contribution in [0.2, 0.25) is 0 Å². The van der Waals surface area contributed by atoms with Gasteiger partial charge in [-0.2, -0.15) is 0 Å². The van der Waals surface area contributed by atoms with Gasteiger partial charge in [0.15, 0.2) is 0 Å². The van der Waals surface area contributed by atoms with Crippen LogP contribution in [0.25, 0.3) is 10.9 Å². The Bertz CT molecular complexity index is 585. The lowest BCUT2D eigenvalue weighted by Crippen LogP contribution is -2.44. The molecule has 3 rings (SSSR count). The monoisotopic (exact) mass is 273 g/mol. The average Bonchev–Trinajstić information content (AvgIpc) is 2.81. The minimum absolute atomic E-state index is 0.930. The molecule has 1 aromatic carbocycles. The van der Waals surface area contributed by atoms with Crippen molar-refractivity contribution in [2.24, 2.45) is 0 Å². The number of methoxy groups -OCH3 is 1. The molecule has 1 fully saturated rings. The van der Waals surface area contributed by atoms with Gasteiger partial charge in [0.25, 0.3) is 0 Å². The molecule has 0 atom stereocenters. The zero-order valence-electron chi connectivity index (χ0n) is 12.3. The number of fused-ring (bicyclic) bond motifs is 1. The standard InChI is InChI=1S/C16H23N3O/c1-12-13(6-9-19-10-7-17-8-11-19)14-4-3-5-15(20-2)16(14)18-12/h3-5,17-18H,6-11H2,1-2H3. The van der Waals surface area contributed by atoms with E-state index in [9.17, 15) is 0 Å². The third-order valence-corrected chi connectivity index (χ3v) is 4.22. The quantitative estimate of drug-likeness (QED) is 0.894. The largest absolute Gasteiger partial charge is 0.495 e. The molecule has 2 aromatic rings. The number of nitrogens with zero attached hydrogens (tertiary/aromatic N) is 1. The molecule has 1 aliphatic heterocycles. The van der Waals surface area contributed by atoms with E-state index in [-0.39, 0.29) is 0 Å². The van der Waals surface area contributed by atoms with Gasteiger partial charge in [0.1, 0.15) is 5.75 Å². The van der Waals surface area contributed by atoms with Gasteiger partial charge in [0, 0.05) is 43.8 Å². The number of ether oxygens (including phenoxy) is 1. The highest BCUT2D eigenvalue weighted by Gasteiger charge is 2.14. The van der Waals surface area contributed by atoms with Crippen LogP contribution in [0.4, 0.5) is 0 Å². The van der Waals surface area contributed by atoms with E-state index in [0.717, 1.165) is 50.4 Å². The van der Waals surface area contributed by atoms with Gasteiger partial charge in [-0.25, -0.2) is 0 Å². The van der Waals surface area contributed by atoms with Crippen LogP contribution in [0.1, 0.15) is 11.3 Å². The van der Waals surface area contributed by atoms with Gasteiger partial charge in [-0.15, -0.1) is 0 Å². The van der Waals surface area contributed by atoms with Crippen molar-refractivity contribution in [1.82, 2.24) is 15.2 Å². The lowest BCUT2D eigenvalue weighted by atomic mass is 10.1. The smallest absolute Gasteiger partial charge is 0.142 e. The summed E-state index contributed by atoms with van der Waals surface area (Å²) in [6, 6.07) is 6.27. The third kappa shape index (κ3) is 2.53. The van der Waals surface area contributed by atoms with E-state index >= 15 is 0 Å². The first-order chi connectivity index (χ1) is 9.79. The molecule has 4 heteroatoms. The summed E-state index contributed by atoms with van der Waals surface area (Å²) in [7, 11) is 1.73. The first-order valence-corrected chi connectivity index (χ1v) is 7.37. The molecule has 108 valence electrons. The van der Waals surface area contributed by atoms with Gasteiger partial charge in [0.05, 0.1) is 12.6 Å². The molecule has 2 heterocycles. The number of benzene rings is 1. The number of rotatable bonds is 4. The summed E-state index contributed by atoms with van der Waals surface area (Å²) in [5, 5.41) is 4.70. The van der Waals surface area contributed by atoms with Gasteiger partial charge >= 0.3 is 0 Å². The highest BCUT2D eigenvalue weighted by Crippen LogP contribution is 2.29. The van der Waals surface area contributed by atoms with Crippen molar-refractivity contribution in [2.75, 3.05) is 39.8 Å². The number of piperazine rings is 1. The third-order valence-electron chi connectivity index (χ3n) is 4.22. The van der Waals surface area contributed by atoms with E-state index in [1.54, 1.807) is 7.11 Å². The van der Waals surface area contributed by atoms with Crippen LogP contribution >= 0.6 is 0 Å². The predicted octanol–water partition coefficient (Wildman–Crippen LogP) is 1.93. The van der Waals surface area contributed by atoms with Crippen LogP contribution in [0.15, 0.2) is 18.2 Å². The molecule has 0 unspecified atom stereocenters. The SMILES string of the molecule is COc1cccc2c(CCN3CCNCC3)c(C)[nH]c12. The number of aromatic amines is 1. The number of H-pyrrole nitrogens is 1. The summed E-state index contributed by atoms with van der Waals surface area (Å²) in [5.41, 5.74) is 3.82. The summed E-state index contributed by atoms with van der Waals surface area (Å²) in [5.74, 6) is 0.930. The predicted molar refractivity (Wildman–Crippen MR) is 82.6 cm³/mol. The lowest BCUT2D eigenvalue weighted by molar-refractivity contribution is 0.244. The number of aryl methyl sites for hydroxylation is 1. The van der Waals surface area contributed by atoms with Crippen LogP contribution in [0, 0.1) is 6.92 Å². The first-order valence-electron chi connectivity index (χ1n) is 7.37. The molecule has 0 spiro atoms. The maximum Gasteiger partial charge on any atom is 0.142 e. The van der Waals surface area contributed by atoms with Crippen LogP contribution in [0.3, 0.4) is 0 Å². The summed E-state index contributed by atoms with van der Waals surface area (Å²) in [6.45, 7) is 7.83. The van der Waals surface area contributed by atoms with Gasteiger partial charge in [-0.1, -0.05) is 12.1 Å². The first kappa shape index (κ1) is 13.5. The number of para-hydroxylation sites is 1. The highest BCUT2D eigenvalue weighted by atomic mass is 16.5. The number of hydrogen-bond acceptors (Lipinski definition) is 3. The normalized spacial score (nSPS) is 16.7. The molecular formula is C16H23N3O. The average molecular weight is 273 g/mol. The van der Waals surface area contributed by atoms with Gasteiger partial charge < -0.3 is 19.9 Å². The van der Waals surface area contributed by atoms with Crippen LogP contribution in [0.5, 0.6) is 5.75 Å². The summed E-state index contributed by atoms with van der Waals surface area (Å²) < 4.78 is 5.44. The molecule has 2 N–H and O–H groups in total. The zero-order chi connectivity index (χ0) is 13.9. The van der Waals surface area contributed by atoms with Crippen molar-refractivity contribution in [2.45, 2.75) is 13.3 Å². The fourth-order valence-electron chi connectivity index (χ4n) is 3.07. The van der Waals surface area contributed by atoms with Crippen LogP contribution in [-0.2, 0) is 6.42 Å². The molecule has 0 radical (unpaired) electrons. The van der Waals surface area contributed by atoms with E-state index in [2.05, 4.69) is 34.3 Å². The fourth-order valence-corrected chi connectivity index (χ4v) is 3.07. The molecule has 4 nitrogen and oxygen atoms in total. The van der Waals surface area contributed by atoms with E-state index in [1.807, 2.05) is 6.07 Å². The van der Waals surface area contributed by atoms with Crippen molar-refractivity contribution >= 4 is 10.9 Å². The number of hydrogen-bond donors (Lipinski definition) is 2. The molecule has 0 saturated carbocycles. The molecule has 1 aliphatic rings. The Labute approximate surface area is 120 Å². The van der Waals surface area contributed by atoms with Gasteiger partial charge in [0.2, 0.25) is 0 Å². The Balaban J connectivity index is 1.82. The molecule has 0 amide bonds. The van der Waals surface area contributed by atoms with Crippen molar-refractivity contribution < 1.29 is 4.74 Å². The summed E-state index contributed by atoms with van der Waals surface area (Å²) in [6.07, 6.45) is 1.10. The molecule has 1 aromatic heterocycles. The highest BCUT2D eigenvalue weighted by molar-refractivity contribution is 5.89. The minimum Gasteiger partial charge on any atom is -0.495 e. The van der Waals surface area contributed by atoms with Gasteiger partial charge in [-0.05, 0) is 25.0 Å². The number of nitrogens with one attached hydrogen (secondary N) is 2.